The van der Waals surface area contributed by atoms with Crippen molar-refractivity contribution in [3.8, 4) is 0 Å². The van der Waals surface area contributed by atoms with E-state index in [0.29, 0.717) is 6.54 Å². The van der Waals surface area contributed by atoms with Crippen LogP contribution in [-0.4, -0.2) is 56.1 Å². The average Bonchev–Trinajstić information content (AvgIpc) is 2.77. The molecule has 0 aromatic heterocycles. The van der Waals surface area contributed by atoms with Gasteiger partial charge in [-0.2, -0.15) is 0 Å². The molecule has 1 heterocycles. The minimum Gasteiger partial charge on any atom is -0.378 e. The van der Waals surface area contributed by atoms with Gasteiger partial charge in [0.25, 0.3) is 0 Å². The fourth-order valence-electron chi connectivity index (χ4n) is 3.13. The van der Waals surface area contributed by atoms with E-state index in [1.807, 2.05) is 61.5 Å². The molecule has 0 aliphatic carbocycles. The smallest absolute Gasteiger partial charge is 0.247 e. The summed E-state index contributed by atoms with van der Waals surface area (Å²) >= 11 is 0. The normalized spacial score (nSPS) is 14.0. The molecule has 2 amide bonds. The number of amides is 2. The number of ether oxygens (including phenoxy) is 1. The molecule has 29 heavy (non-hydrogen) atoms. The van der Waals surface area contributed by atoms with Crippen molar-refractivity contribution in [2.75, 3.05) is 49.6 Å². The van der Waals surface area contributed by atoms with Crippen LogP contribution in [0.15, 0.2) is 60.7 Å². The molecule has 0 radical (unpaired) electrons. The largest absolute Gasteiger partial charge is 0.378 e. The van der Waals surface area contributed by atoms with Crippen LogP contribution in [0.5, 0.6) is 0 Å². The van der Waals surface area contributed by atoms with Crippen molar-refractivity contribution in [1.82, 2.24) is 4.90 Å². The van der Waals surface area contributed by atoms with E-state index >= 15 is 0 Å². The third-order valence-corrected chi connectivity index (χ3v) is 4.77. The predicted octanol–water partition coefficient (Wildman–Crippen LogP) is 3.02. The summed E-state index contributed by atoms with van der Waals surface area (Å²) in [5.41, 5.74) is 2.78. The average molecular weight is 393 g/mol. The van der Waals surface area contributed by atoms with E-state index in [0.717, 1.165) is 43.2 Å². The Hall–Kier alpha value is -3.12. The molecule has 3 rings (SSSR count). The molecule has 0 unspecified atom stereocenters. The van der Waals surface area contributed by atoms with Gasteiger partial charge in [0.1, 0.15) is 6.54 Å². The first kappa shape index (κ1) is 20.6. The standard InChI is InChI=1S/C23H27N3O3/c1-2-25(23(28)13-8-19-6-4-3-5-7-19)18-22(27)24-20-9-11-21(12-10-20)26-14-16-29-17-15-26/h3-13H,2,14-18H2,1H3,(H,24,27)/b13-8+. The van der Waals surface area contributed by atoms with E-state index in [1.54, 1.807) is 6.08 Å². The van der Waals surface area contributed by atoms with Crippen molar-refractivity contribution in [3.05, 3.63) is 66.2 Å². The number of carbonyl (C=O) groups is 2. The van der Waals surface area contributed by atoms with Gasteiger partial charge < -0.3 is 19.9 Å². The van der Waals surface area contributed by atoms with Crippen LogP contribution in [-0.2, 0) is 14.3 Å². The van der Waals surface area contributed by atoms with Crippen LogP contribution in [0.25, 0.3) is 6.08 Å². The number of morpholine rings is 1. The molecule has 1 fully saturated rings. The van der Waals surface area contributed by atoms with Crippen LogP contribution in [0.1, 0.15) is 12.5 Å². The zero-order valence-electron chi connectivity index (χ0n) is 16.7. The van der Waals surface area contributed by atoms with Crippen molar-refractivity contribution in [1.29, 1.82) is 0 Å². The number of hydrogen-bond acceptors (Lipinski definition) is 4. The Labute approximate surface area is 171 Å². The minimum absolute atomic E-state index is 0.0136. The van der Waals surface area contributed by atoms with Gasteiger partial charge in [-0.15, -0.1) is 0 Å². The minimum atomic E-state index is -0.215. The first-order valence-corrected chi connectivity index (χ1v) is 9.90. The second kappa shape index (κ2) is 10.4. The first-order valence-electron chi connectivity index (χ1n) is 9.90. The Morgan fingerprint density at radius 3 is 2.41 bits per heavy atom. The molecule has 152 valence electrons. The van der Waals surface area contributed by atoms with Crippen LogP contribution in [0.3, 0.4) is 0 Å². The molecular weight excluding hydrogens is 366 g/mol. The Morgan fingerprint density at radius 1 is 1.07 bits per heavy atom. The Kier molecular flexibility index (Phi) is 7.41. The summed E-state index contributed by atoms with van der Waals surface area (Å²) in [5, 5.41) is 2.87. The topological polar surface area (TPSA) is 61.9 Å². The molecule has 1 saturated heterocycles. The second-order valence-electron chi connectivity index (χ2n) is 6.79. The van der Waals surface area contributed by atoms with Gasteiger partial charge in [-0.25, -0.2) is 0 Å². The molecule has 6 nitrogen and oxygen atoms in total. The van der Waals surface area contributed by atoms with E-state index in [-0.39, 0.29) is 18.4 Å². The van der Waals surface area contributed by atoms with Crippen LogP contribution < -0.4 is 10.2 Å². The molecule has 2 aromatic rings. The summed E-state index contributed by atoms with van der Waals surface area (Å²) in [6.45, 7) is 5.54. The van der Waals surface area contributed by atoms with Gasteiger partial charge in [0.05, 0.1) is 13.2 Å². The molecule has 0 bridgehead atoms. The van der Waals surface area contributed by atoms with Crippen LogP contribution >= 0.6 is 0 Å². The van der Waals surface area contributed by atoms with Crippen molar-refractivity contribution >= 4 is 29.3 Å². The Morgan fingerprint density at radius 2 is 1.76 bits per heavy atom. The highest BCUT2D eigenvalue weighted by Gasteiger charge is 2.14. The van der Waals surface area contributed by atoms with E-state index < -0.39 is 0 Å². The number of likely N-dealkylation sites (N-methyl/N-ethyl adjacent to an activating group) is 1. The number of nitrogens with zero attached hydrogens (tertiary/aromatic N) is 2. The molecule has 2 aromatic carbocycles. The summed E-state index contributed by atoms with van der Waals surface area (Å²) in [4.78, 5) is 28.6. The molecule has 0 saturated carbocycles. The summed E-state index contributed by atoms with van der Waals surface area (Å²) in [7, 11) is 0. The van der Waals surface area contributed by atoms with Gasteiger partial charge in [-0.05, 0) is 42.8 Å². The maximum atomic E-state index is 12.4. The first-order chi connectivity index (χ1) is 14.2. The van der Waals surface area contributed by atoms with Crippen LogP contribution in [0, 0.1) is 0 Å². The number of rotatable bonds is 7. The van der Waals surface area contributed by atoms with Gasteiger partial charge in [0.2, 0.25) is 11.8 Å². The summed E-state index contributed by atoms with van der Waals surface area (Å²) in [5.74, 6) is -0.401. The number of benzene rings is 2. The number of hydrogen-bond donors (Lipinski definition) is 1. The Balaban J connectivity index is 1.52. The molecule has 6 heteroatoms. The third-order valence-electron chi connectivity index (χ3n) is 4.77. The van der Waals surface area contributed by atoms with E-state index in [4.69, 9.17) is 4.74 Å². The van der Waals surface area contributed by atoms with Gasteiger partial charge in [-0.3, -0.25) is 9.59 Å². The predicted molar refractivity (Wildman–Crippen MR) is 116 cm³/mol. The van der Waals surface area contributed by atoms with Crippen molar-refractivity contribution in [2.24, 2.45) is 0 Å². The fraction of sp³-hybridized carbons (Fsp3) is 0.304. The lowest BCUT2D eigenvalue weighted by Crippen LogP contribution is -2.37. The lowest BCUT2D eigenvalue weighted by atomic mass is 10.2. The molecule has 1 N–H and O–H groups in total. The van der Waals surface area contributed by atoms with Crippen molar-refractivity contribution in [2.45, 2.75) is 6.92 Å². The SMILES string of the molecule is CCN(CC(=O)Nc1ccc(N2CCOCC2)cc1)C(=O)/C=C/c1ccccc1. The number of anilines is 2. The molecule has 0 atom stereocenters. The van der Waals surface area contributed by atoms with Crippen molar-refractivity contribution in [3.63, 3.8) is 0 Å². The maximum absolute atomic E-state index is 12.4. The lowest BCUT2D eigenvalue weighted by molar-refractivity contribution is -0.130. The zero-order valence-corrected chi connectivity index (χ0v) is 16.7. The molecule has 0 spiro atoms. The van der Waals surface area contributed by atoms with E-state index in [1.165, 1.54) is 11.0 Å². The highest BCUT2D eigenvalue weighted by Crippen LogP contribution is 2.19. The van der Waals surface area contributed by atoms with Gasteiger partial charge >= 0.3 is 0 Å². The second-order valence-corrected chi connectivity index (χ2v) is 6.79. The van der Waals surface area contributed by atoms with Crippen molar-refractivity contribution < 1.29 is 14.3 Å². The molecular formula is C23H27N3O3. The van der Waals surface area contributed by atoms with Crippen LogP contribution in [0.2, 0.25) is 0 Å². The van der Waals surface area contributed by atoms with Gasteiger partial charge in [0, 0.05) is 37.1 Å². The van der Waals surface area contributed by atoms with Gasteiger partial charge in [0.15, 0.2) is 0 Å². The Bertz CT molecular complexity index is 828. The molecule has 1 aliphatic heterocycles. The van der Waals surface area contributed by atoms with Crippen LogP contribution in [0.4, 0.5) is 11.4 Å². The number of nitrogens with one attached hydrogen (secondary N) is 1. The molecule has 1 aliphatic rings. The summed E-state index contributed by atoms with van der Waals surface area (Å²) in [6.07, 6.45) is 3.26. The maximum Gasteiger partial charge on any atom is 0.247 e. The quantitative estimate of drug-likeness (QED) is 0.735. The van der Waals surface area contributed by atoms with Gasteiger partial charge in [-0.1, -0.05) is 30.3 Å². The third kappa shape index (κ3) is 6.19. The van der Waals surface area contributed by atoms with E-state index in [9.17, 15) is 9.59 Å². The lowest BCUT2D eigenvalue weighted by Gasteiger charge is -2.29. The number of carbonyl (C=O) groups excluding carboxylic acids is 2. The highest BCUT2D eigenvalue weighted by atomic mass is 16.5. The summed E-state index contributed by atoms with van der Waals surface area (Å²) < 4.78 is 5.37. The monoisotopic (exact) mass is 393 g/mol. The van der Waals surface area contributed by atoms with E-state index in [2.05, 4.69) is 10.2 Å². The fourth-order valence-corrected chi connectivity index (χ4v) is 3.13. The highest BCUT2D eigenvalue weighted by molar-refractivity contribution is 5.98. The summed E-state index contributed by atoms with van der Waals surface area (Å²) in [6, 6.07) is 17.4. The zero-order chi connectivity index (χ0) is 20.5.